The Balaban J connectivity index is 1.94. The summed E-state index contributed by atoms with van der Waals surface area (Å²) in [6, 6.07) is 13.1. The number of fused-ring (bicyclic) bond motifs is 1. The maximum atomic E-state index is 13.2. The minimum Gasteiger partial charge on any atom is -0.447 e. The van der Waals surface area contributed by atoms with Gasteiger partial charge >= 0.3 is 0 Å². The van der Waals surface area contributed by atoms with E-state index < -0.39 is 0 Å². The Morgan fingerprint density at radius 3 is 2.68 bits per heavy atom. The molecular weight excluding hydrogens is 352 g/mol. The van der Waals surface area contributed by atoms with E-state index in [1.807, 2.05) is 49.4 Å². The Kier molecular flexibility index (Phi) is 4.69. The van der Waals surface area contributed by atoms with E-state index in [1.165, 1.54) is 0 Å². The molecule has 28 heavy (non-hydrogen) atoms. The second-order valence-electron chi connectivity index (χ2n) is 6.84. The normalized spacial score (nSPS) is 12.2. The number of nitrogens with zero attached hydrogens (tertiary/aromatic N) is 3. The Bertz CT molecular complexity index is 1110. The monoisotopic (exact) mass is 374 g/mol. The molecule has 0 bridgehead atoms. The molecule has 1 aromatic carbocycles. The van der Waals surface area contributed by atoms with Crippen molar-refractivity contribution in [2.24, 2.45) is 0 Å². The van der Waals surface area contributed by atoms with Crippen molar-refractivity contribution in [2.75, 3.05) is 5.32 Å². The van der Waals surface area contributed by atoms with Gasteiger partial charge in [0.2, 0.25) is 5.88 Å². The molecule has 1 atom stereocenters. The van der Waals surface area contributed by atoms with Crippen molar-refractivity contribution in [3.63, 3.8) is 0 Å². The molecule has 0 spiro atoms. The lowest BCUT2D eigenvalue weighted by Gasteiger charge is -2.17. The topological polar surface area (TPSA) is 73.0 Å². The summed E-state index contributed by atoms with van der Waals surface area (Å²) < 4.78 is 7.17. The highest BCUT2D eigenvalue weighted by Crippen LogP contribution is 2.32. The first kappa shape index (κ1) is 18.0. The molecule has 0 saturated heterocycles. The van der Waals surface area contributed by atoms with E-state index in [4.69, 9.17) is 4.42 Å². The maximum absolute atomic E-state index is 13.2. The fraction of sp³-hybridized carbons (Fsp3) is 0.227. The van der Waals surface area contributed by atoms with Crippen LogP contribution in [0.1, 0.15) is 41.9 Å². The van der Waals surface area contributed by atoms with E-state index in [1.54, 1.807) is 17.1 Å². The highest BCUT2D eigenvalue weighted by atomic mass is 16.3. The van der Waals surface area contributed by atoms with Crippen molar-refractivity contribution in [3.05, 3.63) is 71.7 Å². The quantitative estimate of drug-likeness (QED) is 0.493. The summed E-state index contributed by atoms with van der Waals surface area (Å²) in [7, 11) is 0. The number of pyridine rings is 1. The first-order valence-electron chi connectivity index (χ1n) is 9.38. The van der Waals surface area contributed by atoms with Crippen LogP contribution in [0, 0.1) is 6.92 Å². The van der Waals surface area contributed by atoms with Crippen molar-refractivity contribution in [1.29, 1.82) is 0 Å². The Morgan fingerprint density at radius 1 is 1.21 bits per heavy atom. The summed E-state index contributed by atoms with van der Waals surface area (Å²) in [5.41, 5.74) is 3.38. The standard InChI is InChI=1S/C22H22N4O2/c1-4-14(2)24-20-17(21(27)16-9-6-5-7-10-16)13-23-22-19(20)15(3)25-26(22)18-11-8-12-28-18/h5-14H,4H2,1-3H3,(H,23,24). The lowest BCUT2D eigenvalue weighted by atomic mass is 10.0. The van der Waals surface area contributed by atoms with E-state index in [2.05, 4.69) is 29.2 Å². The molecule has 3 heterocycles. The van der Waals surface area contributed by atoms with Gasteiger partial charge < -0.3 is 9.73 Å². The van der Waals surface area contributed by atoms with Crippen molar-refractivity contribution >= 4 is 22.5 Å². The van der Waals surface area contributed by atoms with Crippen LogP contribution >= 0.6 is 0 Å². The van der Waals surface area contributed by atoms with Gasteiger partial charge in [0, 0.05) is 23.9 Å². The fourth-order valence-electron chi connectivity index (χ4n) is 3.21. The SMILES string of the molecule is CCC(C)Nc1c(C(=O)c2ccccc2)cnc2c1c(C)nn2-c1ccco1. The third kappa shape index (κ3) is 3.07. The Hall–Kier alpha value is -3.41. The zero-order valence-electron chi connectivity index (χ0n) is 16.1. The van der Waals surface area contributed by atoms with Gasteiger partial charge in [-0.3, -0.25) is 4.79 Å². The minimum absolute atomic E-state index is 0.0639. The summed E-state index contributed by atoms with van der Waals surface area (Å²) in [5, 5.41) is 8.95. The van der Waals surface area contributed by atoms with Gasteiger partial charge in [-0.15, -0.1) is 0 Å². The van der Waals surface area contributed by atoms with Crippen LogP contribution in [-0.4, -0.2) is 26.6 Å². The number of furan rings is 1. The molecular formula is C22H22N4O2. The minimum atomic E-state index is -0.0639. The molecule has 0 fully saturated rings. The van der Waals surface area contributed by atoms with Crippen molar-refractivity contribution in [1.82, 2.24) is 14.8 Å². The molecule has 0 amide bonds. The Morgan fingerprint density at radius 2 is 2.00 bits per heavy atom. The Labute approximate surface area is 163 Å². The molecule has 6 heteroatoms. The molecule has 4 rings (SSSR count). The molecule has 6 nitrogen and oxygen atoms in total. The number of carbonyl (C=O) groups is 1. The number of hydrogen-bond acceptors (Lipinski definition) is 5. The first-order valence-corrected chi connectivity index (χ1v) is 9.38. The second-order valence-corrected chi connectivity index (χ2v) is 6.84. The molecule has 0 saturated carbocycles. The lowest BCUT2D eigenvalue weighted by molar-refractivity contribution is 0.103. The maximum Gasteiger partial charge on any atom is 0.221 e. The second kappa shape index (κ2) is 7.31. The molecule has 0 radical (unpaired) electrons. The van der Waals surface area contributed by atoms with Gasteiger partial charge in [-0.05, 0) is 26.3 Å². The number of carbonyl (C=O) groups excluding carboxylic acids is 1. The van der Waals surface area contributed by atoms with Crippen molar-refractivity contribution < 1.29 is 9.21 Å². The first-order chi connectivity index (χ1) is 13.6. The summed E-state index contributed by atoms with van der Waals surface area (Å²) in [6.07, 6.45) is 4.15. The van der Waals surface area contributed by atoms with Crippen LogP contribution in [-0.2, 0) is 0 Å². The van der Waals surface area contributed by atoms with E-state index in [0.29, 0.717) is 22.7 Å². The number of ketones is 1. The highest BCUT2D eigenvalue weighted by molar-refractivity contribution is 6.16. The summed E-state index contributed by atoms with van der Waals surface area (Å²) >= 11 is 0. The van der Waals surface area contributed by atoms with Gasteiger partial charge in [0.05, 0.1) is 28.6 Å². The third-order valence-corrected chi connectivity index (χ3v) is 4.87. The zero-order valence-corrected chi connectivity index (χ0v) is 16.1. The van der Waals surface area contributed by atoms with Gasteiger partial charge in [0.15, 0.2) is 11.4 Å². The number of anilines is 1. The van der Waals surface area contributed by atoms with Crippen LogP contribution in [0.15, 0.2) is 59.3 Å². The van der Waals surface area contributed by atoms with E-state index >= 15 is 0 Å². The van der Waals surface area contributed by atoms with Crippen LogP contribution in [0.25, 0.3) is 16.9 Å². The third-order valence-electron chi connectivity index (χ3n) is 4.87. The molecule has 0 aliphatic rings. The van der Waals surface area contributed by atoms with Gasteiger partial charge in [-0.1, -0.05) is 37.3 Å². The molecule has 4 aromatic rings. The average Bonchev–Trinajstić information content (AvgIpc) is 3.36. The number of benzene rings is 1. The van der Waals surface area contributed by atoms with Gasteiger partial charge in [0.25, 0.3) is 0 Å². The summed E-state index contributed by atoms with van der Waals surface area (Å²) in [5.74, 6) is 0.521. The number of aromatic nitrogens is 3. The van der Waals surface area contributed by atoms with E-state index in [-0.39, 0.29) is 11.8 Å². The molecule has 3 aromatic heterocycles. The molecule has 1 unspecified atom stereocenters. The number of hydrogen-bond donors (Lipinski definition) is 1. The van der Waals surface area contributed by atoms with Crippen LogP contribution in [0.5, 0.6) is 0 Å². The predicted octanol–water partition coefficient (Wildman–Crippen LogP) is 4.76. The number of nitrogens with one attached hydrogen (secondary N) is 1. The van der Waals surface area contributed by atoms with Gasteiger partial charge in [-0.2, -0.15) is 9.78 Å². The van der Waals surface area contributed by atoms with Crippen LogP contribution < -0.4 is 5.32 Å². The molecule has 142 valence electrons. The van der Waals surface area contributed by atoms with Crippen LogP contribution in [0.2, 0.25) is 0 Å². The number of aryl methyl sites for hydroxylation is 1. The molecule has 1 N–H and O–H groups in total. The van der Waals surface area contributed by atoms with Gasteiger partial charge in [0.1, 0.15) is 0 Å². The molecule has 0 aliphatic carbocycles. The molecule has 0 aliphatic heterocycles. The van der Waals surface area contributed by atoms with Gasteiger partial charge in [-0.25, -0.2) is 4.98 Å². The van der Waals surface area contributed by atoms with Crippen molar-refractivity contribution in [3.8, 4) is 5.88 Å². The lowest BCUT2D eigenvalue weighted by Crippen LogP contribution is -2.17. The van der Waals surface area contributed by atoms with E-state index in [0.717, 1.165) is 23.2 Å². The highest BCUT2D eigenvalue weighted by Gasteiger charge is 2.23. The average molecular weight is 374 g/mol. The number of rotatable bonds is 6. The smallest absolute Gasteiger partial charge is 0.221 e. The van der Waals surface area contributed by atoms with Crippen molar-refractivity contribution in [2.45, 2.75) is 33.2 Å². The fourth-order valence-corrected chi connectivity index (χ4v) is 3.21. The van der Waals surface area contributed by atoms with E-state index in [9.17, 15) is 4.79 Å². The summed E-state index contributed by atoms with van der Waals surface area (Å²) in [6.45, 7) is 6.12. The summed E-state index contributed by atoms with van der Waals surface area (Å²) in [4.78, 5) is 17.8. The van der Waals surface area contributed by atoms with Crippen LogP contribution in [0.4, 0.5) is 5.69 Å². The largest absolute Gasteiger partial charge is 0.447 e. The predicted molar refractivity (Wildman–Crippen MR) is 109 cm³/mol. The van der Waals surface area contributed by atoms with Crippen LogP contribution in [0.3, 0.4) is 0 Å². The zero-order chi connectivity index (χ0) is 19.7.